The zero-order chi connectivity index (χ0) is 30.0. The van der Waals surface area contributed by atoms with Gasteiger partial charge in [0.15, 0.2) is 5.78 Å². The first-order valence-corrected chi connectivity index (χ1v) is 18.1. The van der Waals surface area contributed by atoms with Gasteiger partial charge in [0.25, 0.3) is 0 Å². The molecule has 41 heavy (non-hydrogen) atoms. The Morgan fingerprint density at radius 3 is 2.44 bits per heavy atom. The van der Waals surface area contributed by atoms with Crippen LogP contribution in [0.2, 0.25) is 0 Å². The second-order valence-electron chi connectivity index (χ2n) is 10.2. The number of nitrogens with one attached hydrogen (secondary N) is 2. The van der Waals surface area contributed by atoms with E-state index in [0.717, 1.165) is 25.0 Å². The molecule has 12 heteroatoms. The molecular formula is C29H45N3O6S3. The van der Waals surface area contributed by atoms with Gasteiger partial charge >= 0.3 is 5.97 Å². The molecule has 2 amide bonds. The topological polar surface area (TPSA) is 148 Å². The number of nitrogens with two attached hydrogens (primary N) is 1. The Morgan fingerprint density at radius 1 is 1.05 bits per heavy atom. The highest BCUT2D eigenvalue weighted by molar-refractivity contribution is 8.00. The van der Waals surface area contributed by atoms with Crippen LogP contribution in [0.15, 0.2) is 18.2 Å². The maximum atomic E-state index is 13.2. The number of anilines is 2. The van der Waals surface area contributed by atoms with E-state index < -0.39 is 23.8 Å². The number of hydrogen-bond acceptors (Lipinski definition) is 9. The average molecular weight is 628 g/mol. The van der Waals surface area contributed by atoms with Gasteiger partial charge in [0.05, 0.1) is 23.2 Å². The Bertz CT molecular complexity index is 991. The lowest BCUT2D eigenvalue weighted by Gasteiger charge is -2.21. The molecule has 1 saturated carbocycles. The van der Waals surface area contributed by atoms with Gasteiger partial charge in [-0.2, -0.15) is 35.3 Å². The summed E-state index contributed by atoms with van der Waals surface area (Å²) < 4.78 is 5.93. The molecule has 0 bridgehead atoms. The number of carboxylic acid groups (broad SMARTS) is 1. The third-order valence-corrected chi connectivity index (χ3v) is 9.25. The van der Waals surface area contributed by atoms with Crippen LogP contribution in [-0.2, 0) is 19.1 Å². The molecule has 1 aromatic rings. The molecule has 9 nitrogen and oxygen atoms in total. The van der Waals surface area contributed by atoms with Crippen molar-refractivity contribution >= 4 is 70.2 Å². The molecule has 2 unspecified atom stereocenters. The third kappa shape index (κ3) is 13.8. The van der Waals surface area contributed by atoms with E-state index in [4.69, 9.17) is 10.5 Å². The summed E-state index contributed by atoms with van der Waals surface area (Å²) in [4.78, 5) is 50.3. The zero-order valence-electron chi connectivity index (χ0n) is 24.2. The smallest absolute Gasteiger partial charge is 0.326 e. The second-order valence-corrected chi connectivity index (χ2v) is 13.3. The number of thioether (sulfide) groups is 3. The Balaban J connectivity index is 1.89. The van der Waals surface area contributed by atoms with Crippen LogP contribution < -0.4 is 16.4 Å². The van der Waals surface area contributed by atoms with Gasteiger partial charge in [0.2, 0.25) is 11.8 Å². The molecule has 1 fully saturated rings. The lowest BCUT2D eigenvalue weighted by molar-refractivity contribution is -0.142. The zero-order valence-corrected chi connectivity index (χ0v) is 26.6. The number of benzene rings is 1. The maximum absolute atomic E-state index is 13.2. The summed E-state index contributed by atoms with van der Waals surface area (Å²) in [5.41, 5.74) is 7.10. The van der Waals surface area contributed by atoms with Crippen LogP contribution in [0.1, 0.15) is 68.1 Å². The number of nitrogen functional groups attached to an aromatic ring is 1. The number of ether oxygens (including phenoxy) is 1. The van der Waals surface area contributed by atoms with Crippen molar-refractivity contribution in [3.05, 3.63) is 23.8 Å². The number of rotatable bonds is 20. The van der Waals surface area contributed by atoms with Crippen molar-refractivity contribution in [3.63, 3.8) is 0 Å². The predicted octanol–water partition coefficient (Wildman–Crippen LogP) is 4.94. The summed E-state index contributed by atoms with van der Waals surface area (Å²) in [5.74, 6) is -0.349. The fourth-order valence-corrected chi connectivity index (χ4v) is 6.26. The fraction of sp³-hybridized carbons (Fsp3) is 0.655. The van der Waals surface area contributed by atoms with Crippen LogP contribution in [0.5, 0.6) is 0 Å². The van der Waals surface area contributed by atoms with Crippen LogP contribution in [-0.4, -0.2) is 82.9 Å². The van der Waals surface area contributed by atoms with Crippen molar-refractivity contribution in [1.82, 2.24) is 5.32 Å². The molecule has 2 atom stereocenters. The predicted molar refractivity (Wildman–Crippen MR) is 172 cm³/mol. The van der Waals surface area contributed by atoms with Gasteiger partial charge in [0, 0.05) is 24.5 Å². The van der Waals surface area contributed by atoms with Gasteiger partial charge in [-0.3, -0.25) is 14.4 Å². The van der Waals surface area contributed by atoms with Crippen molar-refractivity contribution in [3.8, 4) is 0 Å². The maximum Gasteiger partial charge on any atom is 0.326 e. The minimum absolute atomic E-state index is 0.0721. The van der Waals surface area contributed by atoms with Gasteiger partial charge in [-0.1, -0.05) is 19.3 Å². The van der Waals surface area contributed by atoms with Gasteiger partial charge in [-0.05, 0) is 80.1 Å². The Labute approximate surface area is 256 Å². The molecule has 230 valence electrons. The van der Waals surface area contributed by atoms with Gasteiger partial charge < -0.3 is 26.2 Å². The summed E-state index contributed by atoms with van der Waals surface area (Å²) in [6.07, 6.45) is 11.8. The molecule has 1 aliphatic carbocycles. The summed E-state index contributed by atoms with van der Waals surface area (Å²) >= 11 is 4.58. The van der Waals surface area contributed by atoms with Crippen molar-refractivity contribution < 1.29 is 29.0 Å². The first-order chi connectivity index (χ1) is 19.7. The SMILES string of the molecule is CSCCC(CC(=O)c1ccc(N)c(NC(=O)CSCCCOC2CCCCC2)c1)C(=O)NC(CCSC)C(=O)O. The molecule has 0 heterocycles. The minimum Gasteiger partial charge on any atom is -0.480 e. The van der Waals surface area contributed by atoms with Crippen LogP contribution in [0.3, 0.4) is 0 Å². The number of amides is 2. The van der Waals surface area contributed by atoms with Crippen molar-refractivity contribution in [2.24, 2.45) is 5.92 Å². The van der Waals surface area contributed by atoms with E-state index in [9.17, 15) is 24.3 Å². The largest absolute Gasteiger partial charge is 0.480 e. The Kier molecular flexibility index (Phi) is 17.3. The van der Waals surface area contributed by atoms with Gasteiger partial charge in [-0.25, -0.2) is 4.79 Å². The lowest BCUT2D eigenvalue weighted by Crippen LogP contribution is -2.44. The van der Waals surface area contributed by atoms with Crippen molar-refractivity contribution in [1.29, 1.82) is 0 Å². The third-order valence-electron chi connectivity index (χ3n) is 6.92. The molecule has 0 saturated heterocycles. The summed E-state index contributed by atoms with van der Waals surface area (Å²) in [7, 11) is 0. The fourth-order valence-electron chi connectivity index (χ4n) is 4.54. The van der Waals surface area contributed by atoms with Crippen LogP contribution >= 0.6 is 35.3 Å². The molecular weight excluding hydrogens is 583 g/mol. The normalized spacial score (nSPS) is 15.2. The number of aliphatic carboxylic acids is 1. The first-order valence-electron chi connectivity index (χ1n) is 14.2. The van der Waals surface area contributed by atoms with Crippen molar-refractivity contribution in [2.75, 3.05) is 53.2 Å². The van der Waals surface area contributed by atoms with Crippen molar-refractivity contribution in [2.45, 2.75) is 69.9 Å². The number of carboxylic acids is 1. The summed E-state index contributed by atoms with van der Waals surface area (Å²) in [6.45, 7) is 0.709. The van der Waals surface area contributed by atoms with Crippen LogP contribution in [0, 0.1) is 5.92 Å². The minimum atomic E-state index is -1.09. The second kappa shape index (κ2) is 20.1. The monoisotopic (exact) mass is 627 g/mol. The Hall–Kier alpha value is -1.89. The van der Waals surface area contributed by atoms with Gasteiger partial charge in [-0.15, -0.1) is 0 Å². The van der Waals surface area contributed by atoms with E-state index in [1.807, 2.05) is 12.5 Å². The van der Waals surface area contributed by atoms with E-state index in [0.29, 0.717) is 54.0 Å². The number of Topliss-reactive ketones (excluding diaryl/α,β-unsaturated/α-hetero) is 1. The highest BCUT2D eigenvalue weighted by atomic mass is 32.2. The standard InChI is InChI=1S/C29H45N3O6S3/c1-39-15-11-21(28(35)32-24(29(36)37)12-16-40-2)18-26(33)20-9-10-23(30)25(17-20)31-27(34)19-41-14-6-13-38-22-7-4-3-5-8-22/h9-10,17,21-22,24H,3-8,11-16,18-19,30H2,1-2H3,(H,31,34)(H,32,35)(H,36,37). The molecule has 1 aromatic carbocycles. The lowest BCUT2D eigenvalue weighted by atomic mass is 9.94. The molecule has 0 radical (unpaired) electrons. The molecule has 5 N–H and O–H groups in total. The highest BCUT2D eigenvalue weighted by Crippen LogP contribution is 2.24. The molecule has 2 rings (SSSR count). The number of ketones is 1. The number of hydrogen-bond donors (Lipinski definition) is 4. The average Bonchev–Trinajstić information content (AvgIpc) is 2.96. The van der Waals surface area contributed by atoms with Gasteiger partial charge in [0.1, 0.15) is 6.04 Å². The molecule has 0 spiro atoms. The highest BCUT2D eigenvalue weighted by Gasteiger charge is 2.27. The van der Waals surface area contributed by atoms with Crippen LogP contribution in [0.4, 0.5) is 11.4 Å². The number of carbonyl (C=O) groups excluding carboxylic acids is 3. The van der Waals surface area contributed by atoms with E-state index >= 15 is 0 Å². The first kappa shape index (κ1) is 35.3. The molecule has 0 aromatic heterocycles. The molecule has 0 aliphatic heterocycles. The molecule has 1 aliphatic rings. The van der Waals surface area contributed by atoms with E-state index in [2.05, 4.69) is 10.6 Å². The number of carbonyl (C=O) groups is 4. The summed E-state index contributed by atoms with van der Waals surface area (Å²) in [5, 5.41) is 14.9. The van der Waals surface area contributed by atoms with Crippen LogP contribution in [0.25, 0.3) is 0 Å². The Morgan fingerprint density at radius 2 is 1.76 bits per heavy atom. The van der Waals surface area contributed by atoms with E-state index in [1.54, 1.807) is 30.0 Å². The summed E-state index contributed by atoms with van der Waals surface area (Å²) in [6, 6.07) is 3.69. The quantitative estimate of drug-likeness (QED) is 0.0890. The van der Waals surface area contributed by atoms with E-state index in [1.165, 1.54) is 42.8 Å². The van der Waals surface area contributed by atoms with E-state index in [-0.39, 0.29) is 23.9 Å².